The third-order valence-electron chi connectivity index (χ3n) is 2.78. The molecule has 2 aromatic rings. The molecule has 0 aromatic heterocycles. The van der Waals surface area contributed by atoms with Crippen molar-refractivity contribution in [2.45, 2.75) is 11.4 Å². The summed E-state index contributed by atoms with van der Waals surface area (Å²) in [6.45, 7) is 0.428. The van der Waals surface area contributed by atoms with Gasteiger partial charge in [-0.2, -0.15) is 0 Å². The Morgan fingerprint density at radius 3 is 2.35 bits per heavy atom. The number of benzene rings is 2. The van der Waals surface area contributed by atoms with E-state index in [0.29, 0.717) is 11.6 Å². The number of anilines is 1. The molecule has 6 heteroatoms. The molecule has 106 valence electrons. The first-order valence-electron chi connectivity index (χ1n) is 5.84. The Morgan fingerprint density at radius 2 is 1.80 bits per heavy atom. The average molecular weight is 314 g/mol. The van der Waals surface area contributed by atoms with E-state index in [2.05, 4.69) is 5.32 Å². The SMILES string of the molecule is CS(=O)(=O)c1ccc(NCc2ccc(F)cc2Cl)cc1. The third-order valence-corrected chi connectivity index (χ3v) is 4.26. The molecule has 0 unspecified atom stereocenters. The summed E-state index contributed by atoms with van der Waals surface area (Å²) in [6.07, 6.45) is 1.16. The van der Waals surface area contributed by atoms with Gasteiger partial charge in [-0.1, -0.05) is 17.7 Å². The summed E-state index contributed by atoms with van der Waals surface area (Å²) >= 11 is 5.92. The first-order chi connectivity index (χ1) is 9.36. The highest BCUT2D eigenvalue weighted by Gasteiger charge is 2.06. The lowest BCUT2D eigenvalue weighted by Crippen LogP contribution is -2.01. The molecule has 0 saturated heterocycles. The lowest BCUT2D eigenvalue weighted by molar-refractivity contribution is 0.602. The van der Waals surface area contributed by atoms with Crippen LogP contribution in [-0.4, -0.2) is 14.7 Å². The van der Waals surface area contributed by atoms with Crippen LogP contribution >= 0.6 is 11.6 Å². The van der Waals surface area contributed by atoms with Crippen molar-refractivity contribution in [3.8, 4) is 0 Å². The van der Waals surface area contributed by atoms with Crippen molar-refractivity contribution in [1.82, 2.24) is 0 Å². The molecule has 2 aromatic carbocycles. The van der Waals surface area contributed by atoms with Crippen LogP contribution < -0.4 is 5.32 Å². The van der Waals surface area contributed by atoms with E-state index >= 15 is 0 Å². The Hall–Kier alpha value is -1.59. The van der Waals surface area contributed by atoms with Crippen molar-refractivity contribution in [3.05, 3.63) is 58.9 Å². The van der Waals surface area contributed by atoms with Crippen LogP contribution in [0.5, 0.6) is 0 Å². The van der Waals surface area contributed by atoms with Gasteiger partial charge in [0.2, 0.25) is 0 Å². The molecule has 0 bridgehead atoms. The van der Waals surface area contributed by atoms with Gasteiger partial charge >= 0.3 is 0 Å². The summed E-state index contributed by atoms with van der Waals surface area (Å²) in [5.74, 6) is -0.378. The minimum absolute atomic E-state index is 0.267. The minimum atomic E-state index is -3.19. The predicted molar refractivity (Wildman–Crippen MR) is 78.3 cm³/mol. The first kappa shape index (κ1) is 14.8. The molecule has 0 atom stereocenters. The van der Waals surface area contributed by atoms with Crippen LogP contribution in [0.25, 0.3) is 0 Å². The molecule has 0 spiro atoms. The second-order valence-corrected chi connectivity index (χ2v) is 6.81. The van der Waals surface area contributed by atoms with Gasteiger partial charge in [-0.3, -0.25) is 0 Å². The number of hydrogen-bond acceptors (Lipinski definition) is 3. The van der Waals surface area contributed by atoms with E-state index in [-0.39, 0.29) is 10.7 Å². The molecule has 0 heterocycles. The van der Waals surface area contributed by atoms with Crippen molar-refractivity contribution < 1.29 is 12.8 Å². The quantitative estimate of drug-likeness (QED) is 0.939. The maximum absolute atomic E-state index is 12.9. The molecule has 0 amide bonds. The first-order valence-corrected chi connectivity index (χ1v) is 8.11. The minimum Gasteiger partial charge on any atom is -0.381 e. The lowest BCUT2D eigenvalue weighted by Gasteiger charge is -2.08. The number of hydrogen-bond donors (Lipinski definition) is 1. The summed E-state index contributed by atoms with van der Waals surface area (Å²) in [4.78, 5) is 0.267. The number of sulfone groups is 1. The van der Waals surface area contributed by atoms with Crippen molar-refractivity contribution in [1.29, 1.82) is 0 Å². The Balaban J connectivity index is 2.08. The van der Waals surface area contributed by atoms with E-state index in [1.54, 1.807) is 18.2 Å². The molecule has 0 aliphatic rings. The van der Waals surface area contributed by atoms with Gasteiger partial charge in [-0.25, -0.2) is 12.8 Å². The van der Waals surface area contributed by atoms with E-state index in [4.69, 9.17) is 11.6 Å². The van der Waals surface area contributed by atoms with Crippen molar-refractivity contribution >= 4 is 27.1 Å². The molecule has 2 rings (SSSR count). The smallest absolute Gasteiger partial charge is 0.175 e. The number of halogens is 2. The zero-order valence-electron chi connectivity index (χ0n) is 10.7. The zero-order valence-corrected chi connectivity index (χ0v) is 12.3. The highest BCUT2D eigenvalue weighted by Crippen LogP contribution is 2.19. The van der Waals surface area contributed by atoms with Gasteiger partial charge in [0.05, 0.1) is 4.90 Å². The van der Waals surface area contributed by atoms with Crippen molar-refractivity contribution in [2.75, 3.05) is 11.6 Å². The fraction of sp³-hybridized carbons (Fsp3) is 0.143. The van der Waals surface area contributed by atoms with Crippen LogP contribution in [0.3, 0.4) is 0 Å². The van der Waals surface area contributed by atoms with Crippen LogP contribution in [0, 0.1) is 5.82 Å². The lowest BCUT2D eigenvalue weighted by atomic mass is 10.2. The molecule has 0 aliphatic carbocycles. The maximum Gasteiger partial charge on any atom is 0.175 e. The van der Waals surface area contributed by atoms with Gasteiger partial charge in [0, 0.05) is 23.5 Å². The van der Waals surface area contributed by atoms with Gasteiger partial charge in [-0.05, 0) is 42.0 Å². The fourth-order valence-electron chi connectivity index (χ4n) is 1.68. The van der Waals surface area contributed by atoms with Crippen LogP contribution in [0.1, 0.15) is 5.56 Å². The van der Waals surface area contributed by atoms with Crippen LogP contribution in [-0.2, 0) is 16.4 Å². The highest BCUT2D eigenvalue weighted by atomic mass is 35.5. The molecule has 20 heavy (non-hydrogen) atoms. The van der Waals surface area contributed by atoms with E-state index in [0.717, 1.165) is 17.5 Å². The summed E-state index contributed by atoms with van der Waals surface area (Å²) in [5.41, 5.74) is 1.53. The largest absolute Gasteiger partial charge is 0.381 e. The molecule has 0 radical (unpaired) electrons. The van der Waals surface area contributed by atoms with Crippen molar-refractivity contribution in [3.63, 3.8) is 0 Å². The van der Waals surface area contributed by atoms with Gasteiger partial charge in [0.15, 0.2) is 9.84 Å². The summed E-state index contributed by atoms with van der Waals surface area (Å²) in [6, 6.07) is 10.6. The highest BCUT2D eigenvalue weighted by molar-refractivity contribution is 7.90. The molecular weight excluding hydrogens is 301 g/mol. The van der Waals surface area contributed by atoms with Gasteiger partial charge < -0.3 is 5.32 Å². The normalized spacial score (nSPS) is 11.3. The van der Waals surface area contributed by atoms with Crippen molar-refractivity contribution in [2.24, 2.45) is 0 Å². The Labute approximate surface area is 122 Å². The summed E-state index contributed by atoms with van der Waals surface area (Å²) in [5, 5.41) is 3.45. The van der Waals surface area contributed by atoms with E-state index in [1.807, 2.05) is 0 Å². The zero-order chi connectivity index (χ0) is 14.8. The van der Waals surface area contributed by atoms with Crippen LogP contribution in [0.4, 0.5) is 10.1 Å². The molecule has 3 nitrogen and oxygen atoms in total. The number of nitrogens with one attached hydrogen (secondary N) is 1. The van der Waals surface area contributed by atoms with Gasteiger partial charge in [0.25, 0.3) is 0 Å². The second-order valence-electron chi connectivity index (χ2n) is 4.39. The second kappa shape index (κ2) is 5.81. The van der Waals surface area contributed by atoms with E-state index in [1.165, 1.54) is 24.3 Å². The average Bonchev–Trinajstić information content (AvgIpc) is 2.37. The fourth-order valence-corrected chi connectivity index (χ4v) is 2.55. The molecule has 0 saturated carbocycles. The Morgan fingerprint density at radius 1 is 1.15 bits per heavy atom. The topological polar surface area (TPSA) is 46.2 Å². The van der Waals surface area contributed by atoms with E-state index in [9.17, 15) is 12.8 Å². The Kier molecular flexibility index (Phi) is 4.30. The molecular formula is C14H13ClFNO2S. The molecule has 1 N–H and O–H groups in total. The van der Waals surface area contributed by atoms with Gasteiger partial charge in [-0.15, -0.1) is 0 Å². The van der Waals surface area contributed by atoms with Crippen LogP contribution in [0.2, 0.25) is 5.02 Å². The monoisotopic (exact) mass is 313 g/mol. The maximum atomic E-state index is 12.9. The van der Waals surface area contributed by atoms with Crippen LogP contribution in [0.15, 0.2) is 47.4 Å². The summed E-state index contributed by atoms with van der Waals surface area (Å²) < 4.78 is 35.6. The van der Waals surface area contributed by atoms with Gasteiger partial charge in [0.1, 0.15) is 5.82 Å². The predicted octanol–water partition coefficient (Wildman–Crippen LogP) is 3.49. The summed E-state index contributed by atoms with van der Waals surface area (Å²) in [7, 11) is -3.19. The third kappa shape index (κ3) is 3.71. The standard InChI is InChI=1S/C14H13ClFNO2S/c1-20(18,19)13-6-4-12(5-7-13)17-9-10-2-3-11(16)8-14(10)15/h2-8,17H,9H2,1H3. The molecule has 0 aliphatic heterocycles. The van der Waals surface area contributed by atoms with E-state index < -0.39 is 9.84 Å². The molecule has 0 fully saturated rings. The Bertz CT molecular complexity index is 714. The number of rotatable bonds is 4.